The summed E-state index contributed by atoms with van der Waals surface area (Å²) in [6.45, 7) is 1.49. The van der Waals surface area contributed by atoms with E-state index in [4.69, 9.17) is 5.73 Å². The van der Waals surface area contributed by atoms with Gasteiger partial charge in [-0.3, -0.25) is 4.79 Å². The molecule has 1 aliphatic rings. The molecule has 1 aromatic rings. The van der Waals surface area contributed by atoms with Crippen molar-refractivity contribution in [3.8, 4) is 0 Å². The molecule has 0 radical (unpaired) electrons. The lowest BCUT2D eigenvalue weighted by atomic mass is 10.1. The number of carbonyl (C=O) groups is 1. The van der Waals surface area contributed by atoms with Crippen LogP contribution in [-0.2, 0) is 4.79 Å². The average molecular weight is 298 g/mol. The average Bonchev–Trinajstić information content (AvgIpc) is 2.51. The summed E-state index contributed by atoms with van der Waals surface area (Å²) in [5, 5.41) is 0. The zero-order valence-corrected chi connectivity index (χ0v) is 11.6. The highest BCUT2D eigenvalue weighted by Crippen LogP contribution is 2.38. The maximum atomic E-state index is 12.1. The molecular formula is C12H16BrN3O. The maximum Gasteiger partial charge on any atom is 0.248 e. The lowest BCUT2D eigenvalue weighted by molar-refractivity contribution is -0.119. The Kier molecular flexibility index (Phi) is 3.51. The van der Waals surface area contributed by atoms with Crippen molar-refractivity contribution in [2.24, 2.45) is 5.73 Å². The minimum Gasteiger partial charge on any atom is -0.316 e. The smallest absolute Gasteiger partial charge is 0.248 e. The van der Waals surface area contributed by atoms with Gasteiger partial charge in [0.15, 0.2) is 0 Å². The van der Waals surface area contributed by atoms with Crippen LogP contribution in [0.3, 0.4) is 0 Å². The number of carbonyl (C=O) groups excluding carboxylic acids is 1. The zero-order valence-electron chi connectivity index (χ0n) is 9.98. The van der Waals surface area contributed by atoms with Gasteiger partial charge in [-0.15, -0.1) is 0 Å². The van der Waals surface area contributed by atoms with Gasteiger partial charge in [0.1, 0.15) is 6.04 Å². The molecule has 1 amide bonds. The summed E-state index contributed by atoms with van der Waals surface area (Å²) in [4.78, 5) is 15.9. The molecule has 0 saturated carbocycles. The number of hydrogen-bond acceptors (Lipinski definition) is 3. The van der Waals surface area contributed by atoms with E-state index in [1.54, 1.807) is 4.90 Å². The molecule has 2 rings (SSSR count). The highest BCUT2D eigenvalue weighted by molar-refractivity contribution is 9.10. The van der Waals surface area contributed by atoms with Gasteiger partial charge < -0.3 is 15.5 Å². The van der Waals surface area contributed by atoms with Crippen molar-refractivity contribution in [1.29, 1.82) is 0 Å². The van der Waals surface area contributed by atoms with Gasteiger partial charge in [0, 0.05) is 23.1 Å². The van der Waals surface area contributed by atoms with Crippen LogP contribution in [0.25, 0.3) is 0 Å². The highest BCUT2D eigenvalue weighted by Gasteiger charge is 2.35. The molecule has 0 aromatic heterocycles. The van der Waals surface area contributed by atoms with Gasteiger partial charge in [0.2, 0.25) is 5.91 Å². The Morgan fingerprint density at radius 3 is 2.82 bits per heavy atom. The number of halogens is 1. The van der Waals surface area contributed by atoms with Crippen LogP contribution in [0.2, 0.25) is 0 Å². The first-order valence-corrected chi connectivity index (χ1v) is 6.31. The van der Waals surface area contributed by atoms with Gasteiger partial charge >= 0.3 is 0 Å². The molecule has 17 heavy (non-hydrogen) atoms. The highest BCUT2D eigenvalue weighted by atomic mass is 79.9. The fraction of sp³-hybridized carbons (Fsp3) is 0.417. The largest absolute Gasteiger partial charge is 0.316 e. The molecule has 1 aliphatic heterocycles. The van der Waals surface area contributed by atoms with E-state index in [9.17, 15) is 4.79 Å². The molecule has 1 heterocycles. The van der Waals surface area contributed by atoms with Gasteiger partial charge in [-0.25, -0.2) is 0 Å². The summed E-state index contributed by atoms with van der Waals surface area (Å²) < 4.78 is 0.906. The number of fused-ring (bicyclic) bond motifs is 1. The van der Waals surface area contributed by atoms with Crippen molar-refractivity contribution in [3.63, 3.8) is 0 Å². The molecule has 2 N–H and O–H groups in total. The van der Waals surface area contributed by atoms with Crippen LogP contribution in [0.1, 0.15) is 11.6 Å². The monoisotopic (exact) mass is 297 g/mol. The molecule has 0 aliphatic carbocycles. The van der Waals surface area contributed by atoms with Crippen molar-refractivity contribution >= 4 is 27.5 Å². The Hall–Kier alpha value is -0.910. The molecular weight excluding hydrogens is 282 g/mol. The Labute approximate surface area is 110 Å². The van der Waals surface area contributed by atoms with Crippen molar-refractivity contribution in [2.45, 2.75) is 6.04 Å². The number of likely N-dealkylation sites (N-methyl/N-ethyl adjacent to an activating group) is 1. The second-order valence-corrected chi connectivity index (χ2v) is 5.30. The lowest BCUT2D eigenvalue weighted by Crippen LogP contribution is -2.36. The van der Waals surface area contributed by atoms with Gasteiger partial charge in [-0.2, -0.15) is 0 Å². The van der Waals surface area contributed by atoms with Crippen LogP contribution >= 0.6 is 15.9 Å². The number of nitrogens with zero attached hydrogens (tertiary/aromatic N) is 2. The Balaban J connectivity index is 2.32. The molecule has 0 saturated heterocycles. The normalized spacial score (nSPS) is 19.0. The standard InChI is InChI=1S/C12H16BrN3O/c1-15(2)6-7-16-9-5-3-4-8(13)10(9)11(14)12(16)17/h3-5,11H,6-7,14H2,1-2H3. The topological polar surface area (TPSA) is 49.6 Å². The van der Waals surface area contributed by atoms with Crippen LogP contribution in [0.4, 0.5) is 5.69 Å². The van der Waals surface area contributed by atoms with Crippen molar-refractivity contribution in [1.82, 2.24) is 4.90 Å². The second-order valence-electron chi connectivity index (χ2n) is 4.44. The summed E-state index contributed by atoms with van der Waals surface area (Å²) in [6.07, 6.45) is 0. The summed E-state index contributed by atoms with van der Waals surface area (Å²) >= 11 is 3.45. The first kappa shape index (κ1) is 12.5. The number of rotatable bonds is 3. The third-order valence-electron chi connectivity index (χ3n) is 2.93. The molecule has 1 unspecified atom stereocenters. The molecule has 0 spiro atoms. The van der Waals surface area contributed by atoms with Crippen LogP contribution in [-0.4, -0.2) is 38.0 Å². The van der Waals surface area contributed by atoms with Gasteiger partial charge in [-0.1, -0.05) is 22.0 Å². The number of nitrogens with two attached hydrogens (primary N) is 1. The molecule has 0 fully saturated rings. The predicted octanol–water partition coefficient (Wildman–Crippen LogP) is 1.36. The van der Waals surface area contributed by atoms with Crippen LogP contribution in [0.5, 0.6) is 0 Å². The number of benzene rings is 1. The number of amides is 1. The second kappa shape index (κ2) is 4.76. The van der Waals surface area contributed by atoms with Crippen LogP contribution in [0, 0.1) is 0 Å². The quantitative estimate of drug-likeness (QED) is 0.916. The Morgan fingerprint density at radius 1 is 1.47 bits per heavy atom. The zero-order chi connectivity index (χ0) is 12.6. The molecule has 1 atom stereocenters. The molecule has 4 nitrogen and oxygen atoms in total. The number of hydrogen-bond donors (Lipinski definition) is 1. The van der Waals surface area contributed by atoms with E-state index in [0.29, 0.717) is 6.54 Å². The van der Waals surface area contributed by atoms with Gasteiger partial charge in [0.25, 0.3) is 0 Å². The minimum atomic E-state index is -0.539. The van der Waals surface area contributed by atoms with E-state index in [2.05, 4.69) is 20.8 Å². The molecule has 1 aromatic carbocycles. The van der Waals surface area contributed by atoms with E-state index in [0.717, 1.165) is 22.3 Å². The molecule has 0 bridgehead atoms. The van der Waals surface area contributed by atoms with Crippen molar-refractivity contribution in [2.75, 3.05) is 32.1 Å². The van der Waals surface area contributed by atoms with Crippen LogP contribution in [0.15, 0.2) is 22.7 Å². The summed E-state index contributed by atoms with van der Waals surface area (Å²) in [5.41, 5.74) is 7.78. The minimum absolute atomic E-state index is 0.0197. The van der Waals surface area contributed by atoms with E-state index in [-0.39, 0.29) is 5.91 Å². The van der Waals surface area contributed by atoms with E-state index >= 15 is 0 Å². The van der Waals surface area contributed by atoms with Gasteiger partial charge in [0.05, 0.1) is 5.69 Å². The third-order valence-corrected chi connectivity index (χ3v) is 3.63. The predicted molar refractivity (Wildman–Crippen MR) is 72.0 cm³/mol. The fourth-order valence-electron chi connectivity index (χ4n) is 2.01. The Morgan fingerprint density at radius 2 is 2.18 bits per heavy atom. The first-order valence-electron chi connectivity index (χ1n) is 5.52. The lowest BCUT2D eigenvalue weighted by Gasteiger charge is -2.20. The van der Waals surface area contributed by atoms with Crippen molar-refractivity contribution < 1.29 is 4.79 Å². The van der Waals surface area contributed by atoms with E-state index in [1.807, 2.05) is 32.3 Å². The summed E-state index contributed by atoms with van der Waals surface area (Å²) in [7, 11) is 3.98. The third kappa shape index (κ3) is 2.22. The summed E-state index contributed by atoms with van der Waals surface area (Å²) in [6, 6.07) is 5.25. The van der Waals surface area contributed by atoms with Crippen LogP contribution < -0.4 is 10.6 Å². The maximum absolute atomic E-state index is 12.1. The fourth-order valence-corrected chi connectivity index (χ4v) is 2.61. The summed E-state index contributed by atoms with van der Waals surface area (Å²) in [5.74, 6) is -0.0197. The van der Waals surface area contributed by atoms with Crippen molar-refractivity contribution in [3.05, 3.63) is 28.2 Å². The SMILES string of the molecule is CN(C)CCN1C(=O)C(N)c2c(Br)cccc21. The van der Waals surface area contributed by atoms with Gasteiger partial charge in [-0.05, 0) is 26.2 Å². The Bertz CT molecular complexity index is 447. The molecule has 92 valence electrons. The van der Waals surface area contributed by atoms with E-state index < -0.39 is 6.04 Å². The number of anilines is 1. The molecule has 5 heteroatoms. The first-order chi connectivity index (χ1) is 8.02. The van der Waals surface area contributed by atoms with E-state index in [1.165, 1.54) is 0 Å².